The summed E-state index contributed by atoms with van der Waals surface area (Å²) >= 11 is 5.86. The first-order valence-corrected chi connectivity index (χ1v) is 6.07. The van der Waals surface area contributed by atoms with Gasteiger partial charge in [-0.05, 0) is 19.1 Å². The maximum atomic E-state index is 13.5. The molecule has 2 aromatic rings. The fourth-order valence-electron chi connectivity index (χ4n) is 1.45. The van der Waals surface area contributed by atoms with E-state index in [9.17, 15) is 13.2 Å². The van der Waals surface area contributed by atoms with Crippen molar-refractivity contribution < 1.29 is 13.2 Å². The van der Waals surface area contributed by atoms with Crippen LogP contribution in [0.3, 0.4) is 0 Å². The zero-order valence-electron chi connectivity index (χ0n) is 10.3. The normalized spacial score (nSPS) is 10.4. The van der Waals surface area contributed by atoms with E-state index in [1.807, 2.05) is 6.92 Å². The summed E-state index contributed by atoms with van der Waals surface area (Å²) in [5.41, 5.74) is -0.271. The molecule has 0 fully saturated rings. The lowest BCUT2D eigenvalue weighted by molar-refractivity contribution is 0.449. The highest BCUT2D eigenvalue weighted by atomic mass is 35.5. The molecule has 0 saturated heterocycles. The Kier molecular flexibility index (Phi) is 4.29. The SMILES string of the molecule is CCNc1ncc(Cl)c(Nc2ccc(F)c(F)c2F)n1. The minimum absolute atomic E-state index is 0.0857. The summed E-state index contributed by atoms with van der Waals surface area (Å²) in [6, 6.07) is 1.86. The van der Waals surface area contributed by atoms with E-state index in [1.54, 1.807) is 0 Å². The summed E-state index contributed by atoms with van der Waals surface area (Å²) in [6.45, 7) is 2.43. The molecule has 0 amide bonds. The Bertz CT molecular complexity index is 636. The van der Waals surface area contributed by atoms with Crippen molar-refractivity contribution >= 4 is 29.1 Å². The van der Waals surface area contributed by atoms with E-state index in [4.69, 9.17) is 11.6 Å². The first-order valence-electron chi connectivity index (χ1n) is 5.69. The Balaban J connectivity index is 2.34. The lowest BCUT2D eigenvalue weighted by Crippen LogP contribution is -2.05. The third-order valence-corrected chi connectivity index (χ3v) is 2.64. The van der Waals surface area contributed by atoms with Gasteiger partial charge >= 0.3 is 0 Å². The first-order chi connectivity index (χ1) is 9.52. The fraction of sp³-hybridized carbons (Fsp3) is 0.167. The molecular formula is C12H10ClF3N4. The van der Waals surface area contributed by atoms with Gasteiger partial charge in [-0.25, -0.2) is 18.2 Å². The number of hydrogen-bond donors (Lipinski definition) is 2. The van der Waals surface area contributed by atoms with Gasteiger partial charge in [0.05, 0.1) is 11.9 Å². The van der Waals surface area contributed by atoms with Crippen molar-refractivity contribution in [1.29, 1.82) is 0 Å². The minimum Gasteiger partial charge on any atom is -0.354 e. The van der Waals surface area contributed by atoms with E-state index < -0.39 is 17.5 Å². The molecule has 8 heteroatoms. The third kappa shape index (κ3) is 2.93. The average Bonchev–Trinajstić information content (AvgIpc) is 2.43. The molecule has 0 aliphatic heterocycles. The van der Waals surface area contributed by atoms with Crippen LogP contribution < -0.4 is 10.6 Å². The Hall–Kier alpha value is -2.02. The number of nitrogens with zero attached hydrogens (tertiary/aromatic N) is 2. The van der Waals surface area contributed by atoms with Crippen molar-refractivity contribution in [2.75, 3.05) is 17.2 Å². The first kappa shape index (κ1) is 14.4. The summed E-state index contributed by atoms with van der Waals surface area (Å²) in [5.74, 6) is -3.81. The summed E-state index contributed by atoms with van der Waals surface area (Å²) in [5, 5.41) is 5.47. The molecule has 2 rings (SSSR count). The highest BCUT2D eigenvalue weighted by Crippen LogP contribution is 2.27. The van der Waals surface area contributed by atoms with E-state index in [0.29, 0.717) is 6.54 Å². The van der Waals surface area contributed by atoms with Gasteiger partial charge in [-0.3, -0.25) is 0 Å². The molecule has 106 valence electrons. The molecule has 0 spiro atoms. The molecule has 0 atom stereocenters. The van der Waals surface area contributed by atoms with Crippen molar-refractivity contribution in [3.05, 3.63) is 40.8 Å². The molecule has 0 bridgehead atoms. The molecule has 1 heterocycles. The van der Waals surface area contributed by atoms with Gasteiger partial charge in [0.1, 0.15) is 5.02 Å². The standard InChI is InChI=1S/C12H10ClF3N4/c1-2-17-12-18-5-6(13)11(20-12)19-8-4-3-7(14)9(15)10(8)16/h3-5H,2H2,1H3,(H2,17,18,19,20). The van der Waals surface area contributed by atoms with E-state index in [1.165, 1.54) is 6.20 Å². The molecular weight excluding hydrogens is 293 g/mol. The number of aromatic nitrogens is 2. The minimum atomic E-state index is -1.56. The molecule has 2 N–H and O–H groups in total. The van der Waals surface area contributed by atoms with Crippen LogP contribution >= 0.6 is 11.6 Å². The molecule has 0 unspecified atom stereocenters. The number of halogens is 4. The summed E-state index contributed by atoms with van der Waals surface area (Å²) < 4.78 is 39.5. The lowest BCUT2D eigenvalue weighted by atomic mass is 10.3. The van der Waals surface area contributed by atoms with Crippen molar-refractivity contribution in [3.63, 3.8) is 0 Å². The molecule has 0 aliphatic carbocycles. The highest BCUT2D eigenvalue weighted by Gasteiger charge is 2.15. The van der Waals surface area contributed by atoms with Gasteiger partial charge in [-0.1, -0.05) is 11.6 Å². The highest BCUT2D eigenvalue weighted by molar-refractivity contribution is 6.32. The summed E-state index contributed by atoms with van der Waals surface area (Å²) in [4.78, 5) is 7.90. The smallest absolute Gasteiger partial charge is 0.224 e. The van der Waals surface area contributed by atoms with Crippen molar-refractivity contribution in [1.82, 2.24) is 9.97 Å². The summed E-state index contributed by atoms with van der Waals surface area (Å²) in [6.07, 6.45) is 1.31. The van der Waals surface area contributed by atoms with Gasteiger partial charge in [0, 0.05) is 6.54 Å². The predicted octanol–water partition coefficient (Wildman–Crippen LogP) is 3.72. The van der Waals surface area contributed by atoms with Crippen molar-refractivity contribution in [3.8, 4) is 0 Å². The van der Waals surface area contributed by atoms with Crippen LogP contribution in [0, 0.1) is 17.5 Å². The van der Waals surface area contributed by atoms with Crippen LogP contribution in [0.15, 0.2) is 18.3 Å². The van der Waals surface area contributed by atoms with Gasteiger partial charge < -0.3 is 10.6 Å². The van der Waals surface area contributed by atoms with Crippen LogP contribution in [-0.2, 0) is 0 Å². The second-order valence-corrected chi connectivity index (χ2v) is 4.18. The van der Waals surface area contributed by atoms with Gasteiger partial charge in [0.2, 0.25) is 5.95 Å². The lowest BCUT2D eigenvalue weighted by Gasteiger charge is -2.10. The molecule has 1 aromatic heterocycles. The predicted molar refractivity (Wildman–Crippen MR) is 70.8 cm³/mol. The average molecular weight is 303 g/mol. The second-order valence-electron chi connectivity index (χ2n) is 3.77. The van der Waals surface area contributed by atoms with E-state index in [0.717, 1.165) is 12.1 Å². The second kappa shape index (κ2) is 5.96. The molecule has 0 aliphatic rings. The van der Waals surface area contributed by atoms with Gasteiger partial charge in [-0.15, -0.1) is 0 Å². The molecule has 0 saturated carbocycles. The Labute approximate surface area is 118 Å². The van der Waals surface area contributed by atoms with Gasteiger partial charge in [0.15, 0.2) is 23.3 Å². The number of nitrogens with one attached hydrogen (secondary N) is 2. The van der Waals surface area contributed by atoms with Crippen LogP contribution in [0.4, 0.5) is 30.6 Å². The van der Waals surface area contributed by atoms with Crippen molar-refractivity contribution in [2.24, 2.45) is 0 Å². The van der Waals surface area contributed by atoms with Crippen LogP contribution in [-0.4, -0.2) is 16.5 Å². The number of anilines is 3. The molecule has 1 aromatic carbocycles. The molecule has 0 radical (unpaired) electrons. The van der Waals surface area contributed by atoms with Crippen LogP contribution in [0.25, 0.3) is 0 Å². The maximum absolute atomic E-state index is 13.5. The Morgan fingerprint density at radius 2 is 1.95 bits per heavy atom. The van der Waals surface area contributed by atoms with E-state index in [-0.39, 0.29) is 22.5 Å². The van der Waals surface area contributed by atoms with Crippen molar-refractivity contribution in [2.45, 2.75) is 6.92 Å². The van der Waals surface area contributed by atoms with Gasteiger partial charge in [-0.2, -0.15) is 4.98 Å². The monoisotopic (exact) mass is 302 g/mol. The fourth-order valence-corrected chi connectivity index (χ4v) is 1.59. The number of benzene rings is 1. The van der Waals surface area contributed by atoms with Crippen LogP contribution in [0.5, 0.6) is 0 Å². The van der Waals surface area contributed by atoms with Crippen LogP contribution in [0.1, 0.15) is 6.92 Å². The molecule has 20 heavy (non-hydrogen) atoms. The topological polar surface area (TPSA) is 49.8 Å². The quantitative estimate of drug-likeness (QED) is 0.845. The Morgan fingerprint density at radius 3 is 2.65 bits per heavy atom. The number of hydrogen-bond acceptors (Lipinski definition) is 4. The van der Waals surface area contributed by atoms with E-state index >= 15 is 0 Å². The van der Waals surface area contributed by atoms with Gasteiger partial charge in [0.25, 0.3) is 0 Å². The summed E-state index contributed by atoms with van der Waals surface area (Å²) in [7, 11) is 0. The largest absolute Gasteiger partial charge is 0.354 e. The van der Waals surface area contributed by atoms with Crippen LogP contribution in [0.2, 0.25) is 5.02 Å². The molecule has 4 nitrogen and oxygen atoms in total. The third-order valence-electron chi connectivity index (χ3n) is 2.37. The zero-order chi connectivity index (χ0) is 14.7. The Morgan fingerprint density at radius 1 is 1.20 bits per heavy atom. The maximum Gasteiger partial charge on any atom is 0.224 e. The number of rotatable bonds is 4. The van der Waals surface area contributed by atoms with E-state index in [2.05, 4.69) is 20.6 Å². The zero-order valence-corrected chi connectivity index (χ0v) is 11.1.